The Morgan fingerprint density at radius 2 is 1.50 bits per heavy atom. The van der Waals surface area contributed by atoms with Crippen LogP contribution in [0.3, 0.4) is 0 Å². The van der Waals surface area contributed by atoms with Crippen LogP contribution < -0.4 is 10.6 Å². The largest absolute Gasteiger partial charge is 0.444 e. The van der Waals surface area contributed by atoms with Crippen molar-refractivity contribution in [1.29, 1.82) is 0 Å². The number of β-amino-alcohol motifs (C(OH)–C–C–N with tert-alkyl or cyclic N) is 1. The molecule has 1 aliphatic rings. The number of aliphatic hydroxyl groups excluding tert-OH is 1. The molecule has 2 atom stereocenters. The molecule has 8 heteroatoms. The number of hydrogen-bond donors (Lipinski definition) is 1. The number of carbonyl (C=O) groups excluding carboxylic acids is 2. The van der Waals surface area contributed by atoms with Gasteiger partial charge in [-0.1, -0.05) is 36.4 Å². The van der Waals surface area contributed by atoms with Gasteiger partial charge in [0.25, 0.3) is 0 Å². The molecule has 1 fully saturated rings. The number of benzene rings is 2. The SMILES string of the molecule is CC(C)(C)OC(=O)N1CC(O)C[C@H]1C(=O)OP(=O)(c1ccccc1)c1ccccc1. The monoisotopic (exact) mass is 431 g/mol. The summed E-state index contributed by atoms with van der Waals surface area (Å²) in [5.41, 5.74) is -0.761. The Morgan fingerprint density at radius 1 is 1.00 bits per heavy atom. The summed E-state index contributed by atoms with van der Waals surface area (Å²) in [6.07, 6.45) is -1.64. The highest BCUT2D eigenvalue weighted by Crippen LogP contribution is 2.45. The molecule has 160 valence electrons. The molecule has 0 spiro atoms. The average Bonchev–Trinajstić information content (AvgIpc) is 3.10. The summed E-state index contributed by atoms with van der Waals surface area (Å²) in [6.45, 7) is 5.08. The van der Waals surface area contributed by atoms with Gasteiger partial charge in [0.05, 0.1) is 23.3 Å². The summed E-state index contributed by atoms with van der Waals surface area (Å²) >= 11 is 0. The van der Waals surface area contributed by atoms with Crippen molar-refractivity contribution in [3.63, 3.8) is 0 Å². The van der Waals surface area contributed by atoms with Crippen LogP contribution in [-0.4, -0.2) is 46.4 Å². The molecule has 3 rings (SSSR count). The molecular formula is C22H26NO6P. The second kappa shape index (κ2) is 8.62. The molecule has 0 aromatic heterocycles. The number of hydrogen-bond acceptors (Lipinski definition) is 6. The fourth-order valence-electron chi connectivity index (χ4n) is 3.25. The van der Waals surface area contributed by atoms with Crippen molar-refractivity contribution in [3.05, 3.63) is 60.7 Å². The van der Waals surface area contributed by atoms with Crippen LogP contribution in [0, 0.1) is 0 Å². The van der Waals surface area contributed by atoms with Crippen LogP contribution in [0.2, 0.25) is 0 Å². The van der Waals surface area contributed by atoms with Crippen LogP contribution in [0.25, 0.3) is 0 Å². The molecule has 1 N–H and O–H groups in total. The van der Waals surface area contributed by atoms with E-state index in [1.807, 2.05) is 0 Å². The van der Waals surface area contributed by atoms with E-state index in [9.17, 15) is 19.3 Å². The lowest BCUT2D eigenvalue weighted by atomic mass is 10.2. The lowest BCUT2D eigenvalue weighted by molar-refractivity contribution is -0.138. The zero-order valence-electron chi connectivity index (χ0n) is 17.2. The fourth-order valence-corrected chi connectivity index (χ4v) is 5.26. The van der Waals surface area contributed by atoms with Crippen molar-refractivity contribution in [2.24, 2.45) is 0 Å². The fraction of sp³-hybridized carbons (Fsp3) is 0.364. The van der Waals surface area contributed by atoms with E-state index in [2.05, 4.69) is 0 Å². The third kappa shape index (κ3) is 4.91. The molecule has 1 aliphatic heterocycles. The first kappa shape index (κ1) is 22.1. The Kier molecular flexibility index (Phi) is 6.34. The van der Waals surface area contributed by atoms with Crippen LogP contribution >= 0.6 is 7.37 Å². The summed E-state index contributed by atoms with van der Waals surface area (Å²) in [4.78, 5) is 26.8. The van der Waals surface area contributed by atoms with Gasteiger partial charge in [0.15, 0.2) is 0 Å². The Balaban J connectivity index is 1.90. The Morgan fingerprint density at radius 3 is 1.97 bits per heavy atom. The highest BCUT2D eigenvalue weighted by molar-refractivity contribution is 7.74. The number of nitrogens with zero attached hydrogens (tertiary/aromatic N) is 1. The summed E-state index contributed by atoms with van der Waals surface area (Å²) in [5.74, 6) is -0.839. The predicted molar refractivity (Wildman–Crippen MR) is 113 cm³/mol. The number of likely N-dealkylation sites (tertiary alicyclic amines) is 1. The summed E-state index contributed by atoms with van der Waals surface area (Å²) in [5, 5.41) is 10.8. The van der Waals surface area contributed by atoms with Gasteiger partial charge in [0, 0.05) is 6.42 Å². The van der Waals surface area contributed by atoms with Crippen molar-refractivity contribution in [2.45, 2.75) is 44.9 Å². The zero-order chi connectivity index (χ0) is 21.9. The lowest BCUT2D eigenvalue weighted by Gasteiger charge is -2.28. The molecular weight excluding hydrogens is 405 g/mol. The molecule has 1 unspecified atom stereocenters. The molecule has 1 saturated heterocycles. The maximum atomic E-state index is 13.9. The van der Waals surface area contributed by atoms with E-state index in [4.69, 9.17) is 9.26 Å². The third-order valence-electron chi connectivity index (χ3n) is 4.59. The quantitative estimate of drug-likeness (QED) is 0.749. The lowest BCUT2D eigenvalue weighted by Crippen LogP contribution is -2.44. The van der Waals surface area contributed by atoms with Gasteiger partial charge in [0.1, 0.15) is 11.6 Å². The van der Waals surface area contributed by atoms with Gasteiger partial charge in [-0.05, 0) is 45.0 Å². The Labute approximate surface area is 176 Å². The molecule has 1 heterocycles. The molecule has 7 nitrogen and oxygen atoms in total. The van der Waals surface area contributed by atoms with Crippen molar-refractivity contribution in [1.82, 2.24) is 4.90 Å². The maximum Gasteiger partial charge on any atom is 0.411 e. The minimum absolute atomic E-state index is 0.0122. The average molecular weight is 431 g/mol. The van der Waals surface area contributed by atoms with Gasteiger partial charge in [-0.2, -0.15) is 0 Å². The molecule has 0 saturated carbocycles. The zero-order valence-corrected chi connectivity index (χ0v) is 18.1. The smallest absolute Gasteiger partial charge is 0.411 e. The number of aliphatic hydroxyl groups is 1. The van der Waals surface area contributed by atoms with Gasteiger partial charge in [-0.3, -0.25) is 9.46 Å². The normalized spacial score (nSPS) is 19.4. The van der Waals surface area contributed by atoms with Gasteiger partial charge in [-0.25, -0.2) is 9.59 Å². The standard InChI is InChI=1S/C22H26NO6P/c1-22(2,3)28-21(26)23-15-16(24)14-19(23)20(25)29-30(27,17-10-6-4-7-11-17)18-12-8-5-9-13-18/h4-13,16,19,24H,14-15H2,1-3H3/t16?,19-/m0/s1. The molecule has 0 bridgehead atoms. The third-order valence-corrected chi connectivity index (χ3v) is 6.98. The number of amides is 1. The van der Waals surface area contributed by atoms with Crippen molar-refractivity contribution in [2.75, 3.05) is 6.54 Å². The van der Waals surface area contributed by atoms with E-state index in [0.29, 0.717) is 10.6 Å². The van der Waals surface area contributed by atoms with Gasteiger partial charge in [0.2, 0.25) is 0 Å². The predicted octanol–water partition coefficient (Wildman–Crippen LogP) is 2.83. The van der Waals surface area contributed by atoms with E-state index in [0.717, 1.165) is 4.90 Å². The molecule has 0 aliphatic carbocycles. The highest BCUT2D eigenvalue weighted by atomic mass is 31.2. The first-order valence-corrected chi connectivity index (χ1v) is 11.3. The Hall–Kier alpha value is -2.63. The topological polar surface area (TPSA) is 93.1 Å². The van der Waals surface area contributed by atoms with Gasteiger partial charge < -0.3 is 14.4 Å². The van der Waals surface area contributed by atoms with E-state index < -0.39 is 37.2 Å². The van der Waals surface area contributed by atoms with Crippen LogP contribution in [0.15, 0.2) is 60.7 Å². The second-order valence-corrected chi connectivity index (χ2v) is 10.5. The van der Waals surface area contributed by atoms with E-state index >= 15 is 0 Å². The number of rotatable bonds is 4. The number of ether oxygens (including phenoxy) is 1. The van der Waals surface area contributed by atoms with Crippen molar-refractivity contribution in [3.8, 4) is 0 Å². The minimum atomic E-state index is -3.76. The van der Waals surface area contributed by atoms with E-state index in [1.54, 1.807) is 81.4 Å². The van der Waals surface area contributed by atoms with Crippen molar-refractivity contribution >= 4 is 30.0 Å². The van der Waals surface area contributed by atoms with Crippen molar-refractivity contribution < 1.29 is 28.5 Å². The molecule has 0 radical (unpaired) electrons. The minimum Gasteiger partial charge on any atom is -0.444 e. The second-order valence-electron chi connectivity index (χ2n) is 8.17. The molecule has 2 aromatic carbocycles. The van der Waals surface area contributed by atoms with Crippen LogP contribution in [0.1, 0.15) is 27.2 Å². The summed E-state index contributed by atoms with van der Waals surface area (Å²) < 4.78 is 24.9. The van der Waals surface area contributed by atoms with Gasteiger partial charge >= 0.3 is 19.4 Å². The molecule has 30 heavy (non-hydrogen) atoms. The first-order valence-electron chi connectivity index (χ1n) is 9.72. The summed E-state index contributed by atoms with van der Waals surface area (Å²) in [6, 6.07) is 15.9. The molecule has 1 amide bonds. The maximum absolute atomic E-state index is 13.9. The van der Waals surface area contributed by atoms with Crippen LogP contribution in [0.4, 0.5) is 4.79 Å². The van der Waals surface area contributed by atoms with Crippen LogP contribution in [-0.2, 0) is 18.6 Å². The molecule has 2 aromatic rings. The van der Waals surface area contributed by atoms with E-state index in [1.165, 1.54) is 0 Å². The Bertz CT molecular complexity index is 898. The first-order chi connectivity index (χ1) is 14.1. The van der Waals surface area contributed by atoms with E-state index in [-0.39, 0.29) is 13.0 Å². The van der Waals surface area contributed by atoms with Crippen LogP contribution in [0.5, 0.6) is 0 Å². The van der Waals surface area contributed by atoms with Gasteiger partial charge in [-0.15, -0.1) is 0 Å². The highest BCUT2D eigenvalue weighted by Gasteiger charge is 2.44. The summed E-state index contributed by atoms with van der Waals surface area (Å²) in [7, 11) is -3.76. The number of carbonyl (C=O) groups is 2.